The number of pyridine rings is 1. The molecule has 2 amide bonds. The Hall–Kier alpha value is -3.12. The summed E-state index contributed by atoms with van der Waals surface area (Å²) in [6, 6.07) is 9.29. The number of ether oxygens (including phenoxy) is 1. The summed E-state index contributed by atoms with van der Waals surface area (Å²) in [5.41, 5.74) is 3.01. The molecule has 2 aliphatic rings. The van der Waals surface area contributed by atoms with Gasteiger partial charge in [-0.2, -0.15) is 0 Å². The number of carbonyl (C=O) groups is 2. The number of halogens is 1. The van der Waals surface area contributed by atoms with E-state index in [1.165, 1.54) is 5.57 Å². The lowest BCUT2D eigenvalue weighted by atomic mass is 10.0. The number of benzene rings is 1. The fraction of sp³-hybridized carbons (Fsp3) is 0.261. The number of nitrogens with zero attached hydrogens (tertiary/aromatic N) is 2. The maximum atomic E-state index is 12.5. The molecule has 30 heavy (non-hydrogen) atoms. The largest absolute Gasteiger partial charge is 0.489 e. The van der Waals surface area contributed by atoms with Crippen LogP contribution < -0.4 is 10.1 Å². The monoisotopic (exact) mass is 423 g/mol. The van der Waals surface area contributed by atoms with E-state index >= 15 is 0 Å². The van der Waals surface area contributed by atoms with Crippen LogP contribution in [0.2, 0.25) is 5.02 Å². The number of carbonyl (C=O) groups excluding carboxylic acids is 2. The summed E-state index contributed by atoms with van der Waals surface area (Å²) in [5, 5.41) is 3.40. The van der Waals surface area contributed by atoms with Crippen LogP contribution in [0.1, 0.15) is 24.0 Å². The molecule has 0 bridgehead atoms. The van der Waals surface area contributed by atoms with Crippen molar-refractivity contribution in [1.82, 2.24) is 9.88 Å². The molecule has 0 atom stereocenters. The Kier molecular flexibility index (Phi) is 6.14. The van der Waals surface area contributed by atoms with Gasteiger partial charge >= 0.3 is 0 Å². The minimum absolute atomic E-state index is 0.0102. The molecule has 0 unspecified atom stereocenters. The first-order valence-corrected chi connectivity index (χ1v) is 10.3. The van der Waals surface area contributed by atoms with Gasteiger partial charge in [-0.3, -0.25) is 9.59 Å². The molecule has 2 aromatic rings. The van der Waals surface area contributed by atoms with Gasteiger partial charge in [0.2, 0.25) is 11.8 Å². The molecule has 154 valence electrons. The first kappa shape index (κ1) is 20.2. The van der Waals surface area contributed by atoms with Gasteiger partial charge < -0.3 is 15.0 Å². The van der Waals surface area contributed by atoms with Gasteiger partial charge in [-0.25, -0.2) is 4.98 Å². The lowest BCUT2D eigenvalue weighted by molar-refractivity contribution is -0.125. The maximum absolute atomic E-state index is 12.5. The van der Waals surface area contributed by atoms with Crippen LogP contribution in [-0.2, 0) is 16.0 Å². The average Bonchev–Trinajstić information content (AvgIpc) is 2.76. The van der Waals surface area contributed by atoms with E-state index in [4.69, 9.17) is 16.3 Å². The third kappa shape index (κ3) is 5.07. The number of hydrogen-bond acceptors (Lipinski definition) is 4. The van der Waals surface area contributed by atoms with Crippen molar-refractivity contribution in [1.29, 1.82) is 0 Å². The van der Waals surface area contributed by atoms with Gasteiger partial charge in [0.05, 0.1) is 0 Å². The van der Waals surface area contributed by atoms with Crippen molar-refractivity contribution in [3.63, 3.8) is 0 Å². The summed E-state index contributed by atoms with van der Waals surface area (Å²) >= 11 is 5.97. The number of fused-ring (bicyclic) bond motifs is 1. The second-order valence-electron chi connectivity index (χ2n) is 7.30. The zero-order chi connectivity index (χ0) is 20.9. The molecule has 0 spiro atoms. The van der Waals surface area contributed by atoms with E-state index in [1.54, 1.807) is 29.3 Å². The molecule has 1 aromatic heterocycles. The lowest BCUT2D eigenvalue weighted by Gasteiger charge is -2.25. The van der Waals surface area contributed by atoms with Gasteiger partial charge in [-0.1, -0.05) is 23.7 Å². The molecule has 7 heteroatoms. The van der Waals surface area contributed by atoms with Crippen molar-refractivity contribution < 1.29 is 14.3 Å². The van der Waals surface area contributed by atoms with Crippen molar-refractivity contribution in [2.24, 2.45) is 0 Å². The van der Waals surface area contributed by atoms with Crippen molar-refractivity contribution in [2.75, 3.05) is 25.0 Å². The number of aromatic nitrogens is 1. The summed E-state index contributed by atoms with van der Waals surface area (Å²) in [6.45, 7) is 1.71. The minimum Gasteiger partial charge on any atom is -0.489 e. The van der Waals surface area contributed by atoms with Crippen LogP contribution in [0.5, 0.6) is 5.75 Å². The third-order valence-electron chi connectivity index (χ3n) is 5.12. The highest BCUT2D eigenvalue weighted by Gasteiger charge is 2.17. The number of hydrogen-bond donors (Lipinski definition) is 1. The zero-order valence-electron chi connectivity index (χ0n) is 16.4. The van der Waals surface area contributed by atoms with Crippen LogP contribution in [0.25, 0.3) is 6.08 Å². The Morgan fingerprint density at radius 2 is 2.17 bits per heavy atom. The van der Waals surface area contributed by atoms with Crippen molar-refractivity contribution >= 4 is 35.3 Å². The highest BCUT2D eigenvalue weighted by molar-refractivity contribution is 6.30. The van der Waals surface area contributed by atoms with Crippen molar-refractivity contribution in [2.45, 2.75) is 19.3 Å². The van der Waals surface area contributed by atoms with Gasteiger partial charge in [-0.05, 0) is 59.9 Å². The summed E-state index contributed by atoms with van der Waals surface area (Å²) in [7, 11) is 0. The Balaban J connectivity index is 1.30. The predicted octanol–water partition coefficient (Wildman–Crippen LogP) is 3.87. The van der Waals surface area contributed by atoms with E-state index in [9.17, 15) is 9.59 Å². The summed E-state index contributed by atoms with van der Waals surface area (Å²) < 4.78 is 5.78. The van der Waals surface area contributed by atoms with Gasteiger partial charge in [0.25, 0.3) is 0 Å². The molecule has 6 nitrogen and oxygen atoms in total. The molecule has 0 fully saturated rings. The van der Waals surface area contributed by atoms with Crippen LogP contribution in [-0.4, -0.2) is 41.4 Å². The molecule has 1 N–H and O–H groups in total. The van der Waals surface area contributed by atoms with Gasteiger partial charge in [0.1, 0.15) is 18.2 Å². The lowest BCUT2D eigenvalue weighted by Crippen LogP contribution is -2.34. The van der Waals surface area contributed by atoms with Gasteiger partial charge in [0.15, 0.2) is 0 Å². The van der Waals surface area contributed by atoms with Crippen LogP contribution in [0, 0.1) is 0 Å². The normalized spacial score (nSPS) is 16.1. The molecule has 4 rings (SSSR count). The Morgan fingerprint density at radius 1 is 1.27 bits per heavy atom. The molecule has 0 aliphatic carbocycles. The molecule has 3 heterocycles. The van der Waals surface area contributed by atoms with Crippen LogP contribution in [0.4, 0.5) is 5.82 Å². The van der Waals surface area contributed by atoms with Crippen molar-refractivity contribution in [3.05, 3.63) is 70.4 Å². The Bertz CT molecular complexity index is 1030. The fourth-order valence-corrected chi connectivity index (χ4v) is 3.59. The summed E-state index contributed by atoms with van der Waals surface area (Å²) in [6.07, 6.45) is 8.96. The van der Waals surface area contributed by atoms with E-state index in [0.717, 1.165) is 23.3 Å². The quantitative estimate of drug-likeness (QED) is 0.585. The smallest absolute Gasteiger partial charge is 0.246 e. The Labute approximate surface area is 180 Å². The van der Waals surface area contributed by atoms with E-state index in [2.05, 4.69) is 10.3 Å². The second-order valence-corrected chi connectivity index (χ2v) is 7.74. The number of anilines is 1. The number of nitrogens with one attached hydrogen (secondary N) is 1. The first-order valence-electron chi connectivity index (χ1n) is 9.89. The highest BCUT2D eigenvalue weighted by atomic mass is 35.5. The average molecular weight is 424 g/mol. The standard InChI is InChI=1S/C23H22ClN3O3/c24-19-2-1-3-20(13-19)30-15-16-8-10-27(11-9-16)22(29)7-4-17-12-18-5-6-21(28)26-23(18)25-14-17/h1-4,7-8,12-14H,5-6,9-11,15H2,(H,25,26,28)/b7-4+. The van der Waals surface area contributed by atoms with E-state index in [1.807, 2.05) is 30.3 Å². The molecular weight excluding hydrogens is 402 g/mol. The van der Waals surface area contributed by atoms with Gasteiger partial charge in [-0.15, -0.1) is 0 Å². The highest BCUT2D eigenvalue weighted by Crippen LogP contribution is 2.22. The molecular formula is C23H22ClN3O3. The van der Waals surface area contributed by atoms with E-state index in [0.29, 0.717) is 43.4 Å². The summed E-state index contributed by atoms with van der Waals surface area (Å²) in [5.74, 6) is 1.31. The number of rotatable bonds is 5. The predicted molar refractivity (Wildman–Crippen MR) is 116 cm³/mol. The van der Waals surface area contributed by atoms with E-state index < -0.39 is 0 Å². The fourth-order valence-electron chi connectivity index (χ4n) is 3.41. The minimum atomic E-state index is -0.0351. The van der Waals surface area contributed by atoms with Crippen LogP contribution in [0.15, 0.2) is 54.3 Å². The molecule has 0 saturated carbocycles. The Morgan fingerprint density at radius 3 is 2.97 bits per heavy atom. The maximum Gasteiger partial charge on any atom is 0.246 e. The molecule has 0 saturated heterocycles. The number of amides is 2. The van der Waals surface area contributed by atoms with Crippen molar-refractivity contribution in [3.8, 4) is 5.75 Å². The van der Waals surface area contributed by atoms with E-state index in [-0.39, 0.29) is 11.8 Å². The summed E-state index contributed by atoms with van der Waals surface area (Å²) in [4.78, 5) is 30.0. The molecule has 2 aliphatic heterocycles. The SMILES string of the molecule is O=C1CCc2cc(/C=C/C(=O)N3CC=C(COc4cccc(Cl)c4)CC3)cnc2N1. The van der Waals surface area contributed by atoms with Crippen LogP contribution in [0.3, 0.4) is 0 Å². The number of aryl methyl sites for hydroxylation is 1. The molecule has 1 aromatic carbocycles. The third-order valence-corrected chi connectivity index (χ3v) is 5.36. The molecule has 0 radical (unpaired) electrons. The van der Waals surface area contributed by atoms with Gasteiger partial charge in [0, 0.05) is 36.8 Å². The topological polar surface area (TPSA) is 71.5 Å². The van der Waals surface area contributed by atoms with Crippen LogP contribution >= 0.6 is 11.6 Å². The first-order chi connectivity index (χ1) is 14.6. The zero-order valence-corrected chi connectivity index (χ0v) is 17.2. The second kappa shape index (κ2) is 9.13.